The molecule has 8 aromatic carbocycles. The zero-order chi connectivity index (χ0) is 58.9. The Morgan fingerprint density at radius 2 is 1.08 bits per heavy atom. The van der Waals surface area contributed by atoms with E-state index in [2.05, 4.69) is 106 Å². The molecule has 3 heterocycles. The summed E-state index contributed by atoms with van der Waals surface area (Å²) in [7, 11) is 0. The molecular formula is C62H60Cl2N18O2. The van der Waals surface area contributed by atoms with Crippen molar-refractivity contribution in [1.82, 2.24) is 34.8 Å². The third-order valence-corrected chi connectivity index (χ3v) is 15.3. The van der Waals surface area contributed by atoms with Crippen LogP contribution in [-0.2, 0) is 0 Å². The van der Waals surface area contributed by atoms with Gasteiger partial charge in [0.25, 0.3) is 0 Å². The van der Waals surface area contributed by atoms with Crippen molar-refractivity contribution in [3.8, 4) is 11.5 Å². The Balaban J connectivity index is 0.695. The number of aromatic hydroxyl groups is 2. The predicted molar refractivity (Wildman–Crippen MR) is 336 cm³/mol. The first-order chi connectivity index (χ1) is 40.4. The van der Waals surface area contributed by atoms with Crippen molar-refractivity contribution in [3.05, 3.63) is 158 Å². The fraction of sp³-hybridized carbons (Fsp3) is 0.226. The SMILES string of the molecule is Cc1ccc(C)c(N=Nc2c(C)cc3cc(C)c(N=Nc4cc(Nc5nc(Cl)nc(NCCN6CCN(c7nc(Cl)nc(Nc8ccc9c(O)c(N=Nc%10ccc%11c(C)cccc%11c%10C)c(C)cc9c8)n7)CC6)n5)ccc4C)c(O)c3c2N)c1. The summed E-state index contributed by atoms with van der Waals surface area (Å²) in [6, 6.07) is 33.2. The molecule has 424 valence electrons. The van der Waals surface area contributed by atoms with Crippen molar-refractivity contribution in [1.29, 1.82) is 0 Å². The molecule has 2 aromatic heterocycles. The van der Waals surface area contributed by atoms with E-state index in [4.69, 9.17) is 33.9 Å². The number of anilines is 7. The third kappa shape index (κ3) is 12.0. The molecule has 84 heavy (non-hydrogen) atoms. The lowest BCUT2D eigenvalue weighted by molar-refractivity contribution is 0.266. The second kappa shape index (κ2) is 23.8. The molecule has 10 aromatic rings. The van der Waals surface area contributed by atoms with Crippen molar-refractivity contribution in [2.45, 2.75) is 55.4 Å². The van der Waals surface area contributed by atoms with Crippen LogP contribution in [0.5, 0.6) is 11.5 Å². The van der Waals surface area contributed by atoms with Crippen LogP contribution in [-0.4, -0.2) is 84.3 Å². The fourth-order valence-electron chi connectivity index (χ4n) is 10.3. The van der Waals surface area contributed by atoms with Crippen molar-refractivity contribution in [2.24, 2.45) is 30.7 Å². The largest absolute Gasteiger partial charge is 0.505 e. The standard InChI is InChI=1S/C62H60Cl2N18O2/c1-32-12-13-34(3)48(26-32)76-78-52-36(5)28-41-29-38(7)54(56(84)50(41)51(52)65)80-77-49-31-43(15-14-35(49)4)68-60-70-57(63)69-59(73-60)66-20-21-81-22-24-82(25-23-81)62-72-58(64)71-61(74-62)67-42-16-17-46-40(30-42)27-37(6)53(55(46)83)79-75-47-19-18-44-33(2)10-9-11-45(44)39(47)8/h9-19,26-31,83-84H,20-25,65H2,1-8H3,(H,67,71,72,74)(H2,66,68,69,70,73). The molecule has 7 N–H and O–H groups in total. The van der Waals surface area contributed by atoms with Gasteiger partial charge in [-0.05, 0) is 205 Å². The number of fused-ring (bicyclic) bond motifs is 3. The summed E-state index contributed by atoms with van der Waals surface area (Å²) >= 11 is 12.9. The number of nitrogens with two attached hydrogens (primary N) is 1. The minimum atomic E-state index is -0.104. The van der Waals surface area contributed by atoms with Crippen LogP contribution in [0.2, 0.25) is 10.6 Å². The van der Waals surface area contributed by atoms with Gasteiger partial charge in [-0.15, -0.1) is 15.3 Å². The van der Waals surface area contributed by atoms with Gasteiger partial charge in [0.15, 0.2) is 11.5 Å². The van der Waals surface area contributed by atoms with E-state index < -0.39 is 0 Å². The Kier molecular flexibility index (Phi) is 15.9. The number of aromatic nitrogens is 6. The van der Waals surface area contributed by atoms with E-state index >= 15 is 0 Å². The fourth-order valence-corrected chi connectivity index (χ4v) is 10.6. The maximum Gasteiger partial charge on any atom is 0.233 e. The first-order valence-corrected chi connectivity index (χ1v) is 28.0. The molecular weight excluding hydrogens is 1100 g/mol. The van der Waals surface area contributed by atoms with E-state index in [1.54, 1.807) is 6.07 Å². The van der Waals surface area contributed by atoms with Gasteiger partial charge in [0.2, 0.25) is 34.4 Å². The van der Waals surface area contributed by atoms with Crippen LogP contribution in [0.3, 0.4) is 0 Å². The van der Waals surface area contributed by atoms with E-state index in [0.717, 1.165) is 74.0 Å². The highest BCUT2D eigenvalue weighted by molar-refractivity contribution is 6.28. The van der Waals surface area contributed by atoms with Crippen LogP contribution in [0.25, 0.3) is 32.3 Å². The summed E-state index contributed by atoms with van der Waals surface area (Å²) in [5.74, 6) is 1.23. The summed E-state index contributed by atoms with van der Waals surface area (Å²) in [6.45, 7) is 19.7. The van der Waals surface area contributed by atoms with Gasteiger partial charge in [0.1, 0.15) is 17.1 Å². The Bertz CT molecular complexity index is 4340. The van der Waals surface area contributed by atoms with Crippen LogP contribution in [0.15, 0.2) is 134 Å². The average molecular weight is 1160 g/mol. The molecule has 1 fully saturated rings. The first-order valence-electron chi connectivity index (χ1n) is 27.2. The molecule has 0 amide bonds. The average Bonchev–Trinajstić information content (AvgIpc) is 3.02. The minimum Gasteiger partial charge on any atom is -0.505 e. The molecule has 0 aliphatic carbocycles. The summed E-state index contributed by atoms with van der Waals surface area (Å²) in [5.41, 5.74) is 19.0. The Hall–Kier alpha value is -9.50. The molecule has 1 aliphatic rings. The van der Waals surface area contributed by atoms with Gasteiger partial charge in [-0.3, -0.25) is 4.90 Å². The molecule has 22 heteroatoms. The molecule has 0 bridgehead atoms. The van der Waals surface area contributed by atoms with Gasteiger partial charge in [-0.2, -0.15) is 45.2 Å². The van der Waals surface area contributed by atoms with Crippen LogP contribution < -0.4 is 26.6 Å². The molecule has 11 rings (SSSR count). The molecule has 0 atom stereocenters. The number of nitrogen functional groups attached to an aromatic ring is 1. The van der Waals surface area contributed by atoms with Gasteiger partial charge < -0.3 is 36.8 Å². The lowest BCUT2D eigenvalue weighted by atomic mass is 9.99. The molecule has 1 aliphatic heterocycles. The number of rotatable bonds is 15. The zero-order valence-electron chi connectivity index (χ0n) is 47.5. The molecule has 0 radical (unpaired) electrons. The maximum absolute atomic E-state index is 11.7. The lowest BCUT2D eigenvalue weighted by Gasteiger charge is -2.34. The number of phenols is 2. The second-order valence-corrected chi connectivity index (χ2v) is 21.7. The van der Waals surface area contributed by atoms with Gasteiger partial charge in [0, 0.05) is 56.0 Å². The normalized spacial score (nSPS) is 13.2. The van der Waals surface area contributed by atoms with Gasteiger partial charge in [-0.25, -0.2) is 0 Å². The highest BCUT2D eigenvalue weighted by atomic mass is 35.5. The van der Waals surface area contributed by atoms with Gasteiger partial charge in [-0.1, -0.05) is 42.5 Å². The van der Waals surface area contributed by atoms with E-state index in [0.29, 0.717) is 94.5 Å². The number of hydrogen-bond donors (Lipinski definition) is 6. The third-order valence-electron chi connectivity index (χ3n) is 15.0. The number of benzene rings is 8. The monoisotopic (exact) mass is 1160 g/mol. The van der Waals surface area contributed by atoms with Gasteiger partial charge >= 0.3 is 0 Å². The summed E-state index contributed by atoms with van der Waals surface area (Å²) in [4.78, 5) is 31.2. The molecule has 20 nitrogen and oxygen atoms in total. The highest BCUT2D eigenvalue weighted by Crippen LogP contribution is 2.47. The number of hydrogen-bond acceptors (Lipinski definition) is 20. The maximum atomic E-state index is 11.7. The smallest absolute Gasteiger partial charge is 0.233 e. The zero-order valence-corrected chi connectivity index (χ0v) is 49.1. The van der Waals surface area contributed by atoms with E-state index in [-0.39, 0.29) is 33.7 Å². The van der Waals surface area contributed by atoms with Crippen molar-refractivity contribution < 1.29 is 10.2 Å². The quantitative estimate of drug-likeness (QED) is 0.0412. The molecule has 0 spiro atoms. The number of nitrogens with one attached hydrogen (secondary N) is 3. The highest BCUT2D eigenvalue weighted by Gasteiger charge is 2.22. The number of azo groups is 3. The summed E-state index contributed by atoms with van der Waals surface area (Å²) in [6.07, 6.45) is 0. The van der Waals surface area contributed by atoms with Crippen molar-refractivity contribution in [2.75, 3.05) is 65.9 Å². The van der Waals surface area contributed by atoms with Crippen molar-refractivity contribution in [3.63, 3.8) is 0 Å². The molecule has 1 saturated heterocycles. The molecule has 0 saturated carbocycles. The number of halogens is 2. The second-order valence-electron chi connectivity index (χ2n) is 21.0. The van der Waals surface area contributed by atoms with Crippen LogP contribution in [0, 0.1) is 55.4 Å². The predicted octanol–water partition coefficient (Wildman–Crippen LogP) is 16.3. The van der Waals surface area contributed by atoms with E-state index in [1.165, 1.54) is 10.9 Å². The Morgan fingerprint density at radius 1 is 0.500 bits per heavy atom. The number of piperazine rings is 1. The van der Waals surface area contributed by atoms with Crippen molar-refractivity contribution >= 4 is 130 Å². The summed E-state index contributed by atoms with van der Waals surface area (Å²) in [5, 5.41) is 65.2. The minimum absolute atomic E-state index is 0.0121. The lowest BCUT2D eigenvalue weighted by Crippen LogP contribution is -2.48. The van der Waals surface area contributed by atoms with E-state index in [1.807, 2.05) is 127 Å². The first kappa shape index (κ1) is 56.4. The Labute approximate surface area is 494 Å². The van der Waals surface area contributed by atoms with Crippen LogP contribution in [0.1, 0.15) is 44.5 Å². The topological polar surface area (TPSA) is 261 Å². The van der Waals surface area contributed by atoms with Gasteiger partial charge in [0.05, 0.1) is 28.1 Å². The molecule has 0 unspecified atom stereocenters. The van der Waals surface area contributed by atoms with E-state index in [9.17, 15) is 10.2 Å². The van der Waals surface area contributed by atoms with Crippen LogP contribution >= 0.6 is 23.2 Å². The summed E-state index contributed by atoms with van der Waals surface area (Å²) < 4.78 is 0. The number of nitrogens with zero attached hydrogens (tertiary/aromatic N) is 14. The van der Waals surface area contributed by atoms with Crippen LogP contribution in [0.4, 0.5) is 75.0 Å². The number of aryl methyl sites for hydroxylation is 8. The number of phenolic OH excluding ortho intramolecular Hbond substituents is 2. The Morgan fingerprint density at radius 3 is 1.82 bits per heavy atom.